The van der Waals surface area contributed by atoms with Crippen molar-refractivity contribution in [2.75, 3.05) is 7.11 Å². The van der Waals surface area contributed by atoms with Crippen molar-refractivity contribution >= 4 is 17.3 Å². The molecular formula is C14H12O2S. The minimum atomic E-state index is 0.137. The summed E-state index contributed by atoms with van der Waals surface area (Å²) in [6.07, 6.45) is 0. The van der Waals surface area contributed by atoms with E-state index in [0.29, 0.717) is 10.6 Å². The molecule has 0 atom stereocenters. The van der Waals surface area contributed by atoms with Gasteiger partial charge in [0.05, 0.1) is 12.7 Å². The van der Waals surface area contributed by atoms with Gasteiger partial charge in [0.25, 0.3) is 0 Å². The minimum absolute atomic E-state index is 0.137. The lowest BCUT2D eigenvalue weighted by molar-refractivity contribution is 0.410. The number of hydrogen-bond acceptors (Lipinski definition) is 3. The Hall–Kier alpha value is -1.87. The molecule has 0 saturated carbocycles. The highest BCUT2D eigenvalue weighted by Crippen LogP contribution is 2.26. The molecule has 2 rings (SSSR count). The molecule has 0 fully saturated rings. The van der Waals surface area contributed by atoms with Gasteiger partial charge < -0.3 is 9.84 Å². The SMILES string of the molecule is COC(=S)c1ccc(-c2ccccc2)cc1O. The van der Waals surface area contributed by atoms with Crippen LogP contribution in [0.15, 0.2) is 48.5 Å². The van der Waals surface area contributed by atoms with Crippen LogP contribution >= 0.6 is 12.2 Å². The lowest BCUT2D eigenvalue weighted by atomic mass is 10.0. The van der Waals surface area contributed by atoms with E-state index in [1.807, 2.05) is 36.4 Å². The normalized spacial score (nSPS) is 9.94. The molecule has 0 saturated heterocycles. The van der Waals surface area contributed by atoms with Gasteiger partial charge in [0.15, 0.2) is 5.05 Å². The average molecular weight is 244 g/mol. The van der Waals surface area contributed by atoms with Crippen molar-refractivity contribution < 1.29 is 9.84 Å². The standard InChI is InChI=1S/C14H12O2S/c1-16-14(17)12-8-7-11(9-13(12)15)10-5-3-2-4-6-10/h2-9,15H,1H3. The summed E-state index contributed by atoms with van der Waals surface area (Å²) in [7, 11) is 1.49. The third-order valence-electron chi connectivity index (χ3n) is 2.51. The fourth-order valence-corrected chi connectivity index (χ4v) is 1.80. The zero-order chi connectivity index (χ0) is 12.3. The lowest BCUT2D eigenvalue weighted by Crippen LogP contribution is -1.99. The first-order valence-corrected chi connectivity index (χ1v) is 5.60. The van der Waals surface area contributed by atoms with E-state index in [0.717, 1.165) is 11.1 Å². The Kier molecular flexibility index (Phi) is 3.40. The second-order valence-electron chi connectivity index (χ2n) is 3.59. The molecule has 0 amide bonds. The van der Waals surface area contributed by atoms with Gasteiger partial charge in [-0.1, -0.05) is 36.4 Å². The molecule has 0 unspecified atom stereocenters. The van der Waals surface area contributed by atoms with Gasteiger partial charge in [0.2, 0.25) is 0 Å². The average Bonchev–Trinajstić information content (AvgIpc) is 2.39. The van der Waals surface area contributed by atoms with E-state index in [1.165, 1.54) is 7.11 Å². The number of methoxy groups -OCH3 is 1. The van der Waals surface area contributed by atoms with Crippen LogP contribution in [0.1, 0.15) is 5.56 Å². The Balaban J connectivity index is 2.41. The molecule has 2 aromatic carbocycles. The molecule has 0 bridgehead atoms. The first-order valence-electron chi connectivity index (χ1n) is 5.19. The second kappa shape index (κ2) is 4.97. The molecule has 3 heteroatoms. The van der Waals surface area contributed by atoms with Gasteiger partial charge in [-0.15, -0.1) is 0 Å². The van der Waals surface area contributed by atoms with Crippen LogP contribution in [0.4, 0.5) is 0 Å². The van der Waals surface area contributed by atoms with Crippen molar-refractivity contribution in [2.45, 2.75) is 0 Å². The van der Waals surface area contributed by atoms with E-state index in [1.54, 1.807) is 12.1 Å². The number of ether oxygens (including phenoxy) is 1. The van der Waals surface area contributed by atoms with Crippen molar-refractivity contribution in [3.63, 3.8) is 0 Å². The van der Waals surface area contributed by atoms with E-state index in [4.69, 9.17) is 17.0 Å². The number of rotatable bonds is 2. The molecule has 0 aliphatic rings. The van der Waals surface area contributed by atoms with Gasteiger partial charge in [-0.05, 0) is 35.5 Å². The van der Waals surface area contributed by atoms with Crippen molar-refractivity contribution in [1.82, 2.24) is 0 Å². The predicted octanol–water partition coefficient (Wildman–Crippen LogP) is 3.38. The van der Waals surface area contributed by atoms with E-state index < -0.39 is 0 Å². The van der Waals surface area contributed by atoms with Crippen molar-refractivity contribution in [2.24, 2.45) is 0 Å². The van der Waals surface area contributed by atoms with Crippen LogP contribution in [-0.2, 0) is 4.74 Å². The predicted molar refractivity (Wildman–Crippen MR) is 72.3 cm³/mol. The molecule has 0 aromatic heterocycles. The quantitative estimate of drug-likeness (QED) is 0.821. The molecule has 0 radical (unpaired) electrons. The second-order valence-corrected chi connectivity index (χ2v) is 3.96. The summed E-state index contributed by atoms with van der Waals surface area (Å²) in [6.45, 7) is 0. The van der Waals surface area contributed by atoms with Crippen LogP contribution in [0, 0.1) is 0 Å². The monoisotopic (exact) mass is 244 g/mol. The Morgan fingerprint density at radius 2 is 1.76 bits per heavy atom. The summed E-state index contributed by atoms with van der Waals surface area (Å²) < 4.78 is 4.93. The molecule has 0 spiro atoms. The maximum atomic E-state index is 9.89. The number of hydrogen-bond donors (Lipinski definition) is 1. The highest BCUT2D eigenvalue weighted by atomic mass is 32.1. The Labute approximate surface area is 105 Å². The Morgan fingerprint density at radius 3 is 2.35 bits per heavy atom. The van der Waals surface area contributed by atoms with Crippen molar-refractivity contribution in [1.29, 1.82) is 0 Å². The third kappa shape index (κ3) is 2.45. The van der Waals surface area contributed by atoms with Crippen molar-refractivity contribution in [3.05, 3.63) is 54.1 Å². The molecule has 86 valence electrons. The van der Waals surface area contributed by atoms with Gasteiger partial charge >= 0.3 is 0 Å². The number of phenolic OH excluding ortho intramolecular Hbond substituents is 1. The highest BCUT2D eigenvalue weighted by Gasteiger charge is 2.08. The molecule has 0 aliphatic heterocycles. The molecule has 1 N–H and O–H groups in total. The van der Waals surface area contributed by atoms with Crippen LogP contribution in [0.3, 0.4) is 0 Å². The zero-order valence-corrected chi connectivity index (χ0v) is 10.2. The maximum Gasteiger partial charge on any atom is 0.194 e. The lowest BCUT2D eigenvalue weighted by Gasteiger charge is -2.07. The number of aromatic hydroxyl groups is 1. The van der Waals surface area contributed by atoms with Crippen LogP contribution < -0.4 is 0 Å². The van der Waals surface area contributed by atoms with Crippen LogP contribution in [0.2, 0.25) is 0 Å². The molecular weight excluding hydrogens is 232 g/mol. The zero-order valence-electron chi connectivity index (χ0n) is 9.38. The fraction of sp³-hybridized carbons (Fsp3) is 0.0714. The Bertz CT molecular complexity index is 535. The van der Waals surface area contributed by atoms with Crippen molar-refractivity contribution in [3.8, 4) is 16.9 Å². The molecule has 17 heavy (non-hydrogen) atoms. The highest BCUT2D eigenvalue weighted by molar-refractivity contribution is 7.80. The molecule has 0 aliphatic carbocycles. The smallest absolute Gasteiger partial charge is 0.194 e. The molecule has 2 nitrogen and oxygen atoms in total. The summed E-state index contributed by atoms with van der Waals surface area (Å²) in [5, 5.41) is 10.2. The van der Waals surface area contributed by atoms with Crippen LogP contribution in [0.5, 0.6) is 5.75 Å². The fourth-order valence-electron chi connectivity index (χ4n) is 1.62. The summed E-state index contributed by atoms with van der Waals surface area (Å²) in [5.41, 5.74) is 2.55. The molecule has 2 aromatic rings. The van der Waals surface area contributed by atoms with E-state index in [2.05, 4.69) is 0 Å². The van der Waals surface area contributed by atoms with E-state index >= 15 is 0 Å². The van der Waals surface area contributed by atoms with Crippen LogP contribution in [0.25, 0.3) is 11.1 Å². The minimum Gasteiger partial charge on any atom is -0.507 e. The summed E-state index contributed by atoms with van der Waals surface area (Å²) in [5.74, 6) is 0.137. The van der Waals surface area contributed by atoms with E-state index in [9.17, 15) is 5.11 Å². The van der Waals surface area contributed by atoms with Crippen LogP contribution in [-0.4, -0.2) is 17.3 Å². The summed E-state index contributed by atoms with van der Waals surface area (Å²) in [4.78, 5) is 0. The summed E-state index contributed by atoms with van der Waals surface area (Å²) >= 11 is 4.99. The van der Waals surface area contributed by atoms with Gasteiger partial charge in [-0.3, -0.25) is 0 Å². The largest absolute Gasteiger partial charge is 0.507 e. The topological polar surface area (TPSA) is 29.5 Å². The number of thiocarbonyl (C=S) groups is 1. The number of phenols is 1. The maximum absolute atomic E-state index is 9.89. The summed E-state index contributed by atoms with van der Waals surface area (Å²) in [6, 6.07) is 15.2. The first-order chi connectivity index (χ1) is 8.22. The number of benzene rings is 2. The van der Waals surface area contributed by atoms with Gasteiger partial charge in [0.1, 0.15) is 5.75 Å². The third-order valence-corrected chi connectivity index (χ3v) is 2.90. The first kappa shape index (κ1) is 11.6. The van der Waals surface area contributed by atoms with Gasteiger partial charge in [-0.2, -0.15) is 0 Å². The van der Waals surface area contributed by atoms with Gasteiger partial charge in [0, 0.05) is 0 Å². The van der Waals surface area contributed by atoms with Gasteiger partial charge in [-0.25, -0.2) is 0 Å². The Morgan fingerprint density at radius 1 is 1.06 bits per heavy atom. The van der Waals surface area contributed by atoms with E-state index in [-0.39, 0.29) is 5.75 Å². The molecule has 0 heterocycles.